The Balaban J connectivity index is 1.31. The number of urea groups is 1. The van der Waals surface area contributed by atoms with Crippen molar-refractivity contribution >= 4 is 34.0 Å². The molecule has 2 aliphatic rings. The molecule has 4 N–H and O–H groups in total. The maximum atomic E-state index is 12.5. The number of benzene rings is 1. The number of rotatable bonds is 10. The van der Waals surface area contributed by atoms with Crippen LogP contribution in [0.3, 0.4) is 0 Å². The van der Waals surface area contributed by atoms with Gasteiger partial charge in [0.05, 0.1) is 5.56 Å². The van der Waals surface area contributed by atoms with Crippen LogP contribution in [0.15, 0.2) is 24.3 Å². The van der Waals surface area contributed by atoms with Gasteiger partial charge in [0, 0.05) is 50.8 Å². The Morgan fingerprint density at radius 3 is 2.49 bits per heavy atom. The van der Waals surface area contributed by atoms with Crippen molar-refractivity contribution in [1.82, 2.24) is 15.1 Å². The van der Waals surface area contributed by atoms with Crippen LogP contribution in [-0.4, -0.2) is 68.6 Å². The lowest BCUT2D eigenvalue weighted by Gasteiger charge is -2.27. The molecule has 0 bridgehead atoms. The lowest BCUT2D eigenvalue weighted by atomic mass is 10.0. The summed E-state index contributed by atoms with van der Waals surface area (Å²) >= 11 is 1.47. The van der Waals surface area contributed by atoms with E-state index >= 15 is 0 Å². The van der Waals surface area contributed by atoms with Gasteiger partial charge in [-0.15, -0.1) is 11.3 Å². The first-order valence-electron chi connectivity index (χ1n) is 12.6. The van der Waals surface area contributed by atoms with Gasteiger partial charge >= 0.3 is 6.03 Å². The molecule has 1 aromatic carbocycles. The zero-order valence-corrected chi connectivity index (χ0v) is 21.8. The first-order valence-corrected chi connectivity index (χ1v) is 13.4. The second-order valence-corrected chi connectivity index (χ2v) is 10.8. The van der Waals surface area contributed by atoms with E-state index in [9.17, 15) is 9.59 Å². The first kappa shape index (κ1) is 25.5. The van der Waals surface area contributed by atoms with Crippen LogP contribution < -0.4 is 21.3 Å². The van der Waals surface area contributed by atoms with Gasteiger partial charge < -0.3 is 20.9 Å². The third-order valence-electron chi connectivity index (χ3n) is 6.85. The lowest BCUT2D eigenvalue weighted by Crippen LogP contribution is -2.31. The minimum absolute atomic E-state index is 0.273. The minimum atomic E-state index is -0.476. The number of amides is 3. The van der Waals surface area contributed by atoms with Crippen molar-refractivity contribution in [3.63, 3.8) is 0 Å². The van der Waals surface area contributed by atoms with Crippen LogP contribution >= 0.6 is 11.3 Å². The van der Waals surface area contributed by atoms with Gasteiger partial charge in [-0.3, -0.25) is 15.0 Å². The van der Waals surface area contributed by atoms with Crippen molar-refractivity contribution in [3.05, 3.63) is 45.8 Å². The van der Waals surface area contributed by atoms with Crippen LogP contribution in [0.1, 0.15) is 52.0 Å². The normalized spacial score (nSPS) is 16.2. The standard InChI is InChI=1S/C26H38N6O2S/c1-30(2)20-9-7-19(8-10-20)17-32-16-11-21-22(18-32)35-25(23(21)24(27)33)29-26(34)28-12-3-4-13-31-14-5-6-15-31/h7-10H,3-6,11-18H2,1-2H3,(H2,27,33)(H2,28,29,34). The lowest BCUT2D eigenvalue weighted by molar-refractivity contribution is 0.0999. The van der Waals surface area contributed by atoms with Gasteiger partial charge in [-0.05, 0) is 75.0 Å². The molecule has 0 radical (unpaired) electrons. The van der Waals surface area contributed by atoms with Gasteiger partial charge in [0.15, 0.2) is 0 Å². The Morgan fingerprint density at radius 2 is 1.80 bits per heavy atom. The van der Waals surface area contributed by atoms with Gasteiger partial charge in [0.2, 0.25) is 0 Å². The van der Waals surface area contributed by atoms with E-state index in [0.717, 1.165) is 55.9 Å². The molecule has 1 saturated heterocycles. The third-order valence-corrected chi connectivity index (χ3v) is 7.99. The van der Waals surface area contributed by atoms with Crippen LogP contribution in [0.5, 0.6) is 0 Å². The zero-order valence-electron chi connectivity index (χ0n) is 20.9. The van der Waals surface area contributed by atoms with Gasteiger partial charge in [-0.2, -0.15) is 0 Å². The number of primary amides is 1. The molecule has 2 aromatic rings. The SMILES string of the molecule is CN(C)c1ccc(CN2CCc3c(sc(NC(=O)NCCCCN4CCCC4)c3C(N)=O)C2)cc1. The van der Waals surface area contributed by atoms with Gasteiger partial charge in [-0.1, -0.05) is 12.1 Å². The van der Waals surface area contributed by atoms with E-state index in [-0.39, 0.29) is 6.03 Å². The smallest absolute Gasteiger partial charge is 0.319 e. The maximum Gasteiger partial charge on any atom is 0.319 e. The molecule has 8 nitrogen and oxygen atoms in total. The summed E-state index contributed by atoms with van der Waals surface area (Å²) < 4.78 is 0. The molecule has 0 atom stereocenters. The molecule has 3 heterocycles. The number of nitrogens with zero attached hydrogens (tertiary/aromatic N) is 3. The summed E-state index contributed by atoms with van der Waals surface area (Å²) in [6, 6.07) is 8.32. The van der Waals surface area contributed by atoms with Crippen molar-refractivity contribution in [1.29, 1.82) is 0 Å². The second kappa shape index (κ2) is 11.9. The quantitative estimate of drug-likeness (QED) is 0.436. The number of likely N-dealkylation sites (tertiary alicyclic amines) is 1. The Kier molecular flexibility index (Phi) is 8.64. The van der Waals surface area contributed by atoms with Crippen molar-refractivity contribution < 1.29 is 9.59 Å². The van der Waals surface area contributed by atoms with E-state index in [4.69, 9.17) is 5.73 Å². The number of fused-ring (bicyclic) bond motifs is 1. The first-order chi connectivity index (χ1) is 16.9. The van der Waals surface area contributed by atoms with E-state index in [0.29, 0.717) is 17.1 Å². The topological polar surface area (TPSA) is 93.9 Å². The van der Waals surface area contributed by atoms with Gasteiger partial charge in [0.25, 0.3) is 5.91 Å². The van der Waals surface area contributed by atoms with Crippen LogP contribution in [-0.2, 0) is 19.5 Å². The predicted octanol–water partition coefficient (Wildman–Crippen LogP) is 3.47. The fourth-order valence-corrected chi connectivity index (χ4v) is 6.20. The van der Waals surface area contributed by atoms with E-state index in [1.165, 1.54) is 48.5 Å². The van der Waals surface area contributed by atoms with E-state index in [2.05, 4.69) is 49.6 Å². The van der Waals surface area contributed by atoms with Crippen molar-refractivity contribution in [3.8, 4) is 0 Å². The number of nitrogens with two attached hydrogens (primary N) is 1. The number of carbonyl (C=O) groups excluding carboxylic acids is 2. The molecule has 1 fully saturated rings. The Hall–Kier alpha value is -2.62. The predicted molar refractivity (Wildman–Crippen MR) is 143 cm³/mol. The molecule has 35 heavy (non-hydrogen) atoms. The van der Waals surface area contributed by atoms with E-state index < -0.39 is 5.91 Å². The van der Waals surface area contributed by atoms with E-state index in [1.54, 1.807) is 0 Å². The number of unbranched alkanes of at least 4 members (excludes halogenated alkanes) is 1. The van der Waals surface area contributed by atoms with Crippen LogP contribution in [0, 0.1) is 0 Å². The molecular weight excluding hydrogens is 460 g/mol. The summed E-state index contributed by atoms with van der Waals surface area (Å²) in [5.41, 5.74) is 9.63. The fraction of sp³-hybridized carbons (Fsp3) is 0.538. The largest absolute Gasteiger partial charge is 0.378 e. The molecule has 190 valence electrons. The highest BCUT2D eigenvalue weighted by Crippen LogP contribution is 2.37. The maximum absolute atomic E-state index is 12.5. The summed E-state index contributed by atoms with van der Waals surface area (Å²) in [4.78, 5) is 32.8. The van der Waals surface area contributed by atoms with Gasteiger partial charge in [0.1, 0.15) is 5.00 Å². The molecule has 1 aromatic heterocycles. The van der Waals surface area contributed by atoms with Crippen molar-refractivity contribution in [2.24, 2.45) is 5.73 Å². The number of thiophene rings is 1. The Bertz CT molecular complexity index is 1010. The molecule has 4 rings (SSSR count). The average Bonchev–Trinajstić information content (AvgIpc) is 3.46. The molecule has 0 unspecified atom stereocenters. The fourth-order valence-electron chi connectivity index (χ4n) is 4.91. The summed E-state index contributed by atoms with van der Waals surface area (Å²) in [6.45, 7) is 6.56. The number of hydrogen-bond donors (Lipinski definition) is 3. The van der Waals surface area contributed by atoms with Crippen LogP contribution in [0.2, 0.25) is 0 Å². The summed E-state index contributed by atoms with van der Waals surface area (Å²) in [7, 11) is 4.07. The molecule has 9 heteroatoms. The molecule has 0 spiro atoms. The highest BCUT2D eigenvalue weighted by Gasteiger charge is 2.27. The van der Waals surface area contributed by atoms with Crippen LogP contribution in [0.25, 0.3) is 0 Å². The molecule has 2 aliphatic heterocycles. The highest BCUT2D eigenvalue weighted by atomic mass is 32.1. The monoisotopic (exact) mass is 498 g/mol. The molecule has 0 aliphatic carbocycles. The van der Waals surface area contributed by atoms with Crippen LogP contribution in [0.4, 0.5) is 15.5 Å². The van der Waals surface area contributed by atoms with E-state index in [1.807, 2.05) is 14.1 Å². The molecule has 3 amide bonds. The molecule has 0 saturated carbocycles. The van der Waals surface area contributed by atoms with Gasteiger partial charge in [-0.25, -0.2) is 4.79 Å². The number of hydrogen-bond acceptors (Lipinski definition) is 6. The average molecular weight is 499 g/mol. The number of nitrogens with one attached hydrogen (secondary N) is 2. The summed E-state index contributed by atoms with van der Waals surface area (Å²) in [5, 5.41) is 6.39. The number of anilines is 2. The highest BCUT2D eigenvalue weighted by molar-refractivity contribution is 7.17. The van der Waals surface area contributed by atoms with Crippen molar-refractivity contribution in [2.75, 3.05) is 57.0 Å². The van der Waals surface area contributed by atoms with Crippen molar-refractivity contribution in [2.45, 2.75) is 45.2 Å². The zero-order chi connectivity index (χ0) is 24.8. The Labute approximate surface area is 212 Å². The number of carbonyl (C=O) groups is 2. The molecular formula is C26H38N6O2S. The Morgan fingerprint density at radius 1 is 1.06 bits per heavy atom. The third kappa shape index (κ3) is 6.74. The minimum Gasteiger partial charge on any atom is -0.378 e. The summed E-state index contributed by atoms with van der Waals surface area (Å²) in [6.07, 6.45) is 5.37. The second-order valence-electron chi connectivity index (χ2n) is 9.73. The summed E-state index contributed by atoms with van der Waals surface area (Å²) in [5.74, 6) is -0.476.